The molecule has 0 radical (unpaired) electrons. The van der Waals surface area contributed by atoms with Crippen LogP contribution in [0.4, 0.5) is 23.1 Å². The molecular weight excluding hydrogens is 368 g/mol. The summed E-state index contributed by atoms with van der Waals surface area (Å²) in [4.78, 5) is 27.5. The maximum absolute atomic E-state index is 12.2. The van der Waals surface area contributed by atoms with Crippen LogP contribution in [0.1, 0.15) is 16.2 Å². The molecule has 1 fully saturated rings. The molecule has 1 saturated heterocycles. The number of amides is 1. The molecular formula is C21H22N6O2. The third kappa shape index (κ3) is 4.85. The van der Waals surface area contributed by atoms with Crippen LogP contribution in [-0.2, 0) is 4.74 Å². The number of hydrogen-bond donors (Lipinski definition) is 2. The SMILES string of the molecule is Cc1cc(Nc2ccc(NC(=O)c3ccccn3)cc2)nc(N2CCOCC2)n1. The molecule has 0 aliphatic carbocycles. The van der Waals surface area contributed by atoms with Gasteiger partial charge in [0.05, 0.1) is 13.2 Å². The van der Waals surface area contributed by atoms with E-state index in [1.54, 1.807) is 24.4 Å². The van der Waals surface area contributed by atoms with Crippen LogP contribution in [0, 0.1) is 6.92 Å². The maximum Gasteiger partial charge on any atom is 0.274 e. The van der Waals surface area contributed by atoms with Crippen molar-refractivity contribution in [3.05, 3.63) is 66.1 Å². The van der Waals surface area contributed by atoms with Gasteiger partial charge in [-0.1, -0.05) is 6.07 Å². The highest BCUT2D eigenvalue weighted by atomic mass is 16.5. The van der Waals surface area contributed by atoms with Crippen LogP contribution >= 0.6 is 0 Å². The largest absolute Gasteiger partial charge is 0.378 e. The summed E-state index contributed by atoms with van der Waals surface area (Å²) in [5, 5.41) is 6.14. The van der Waals surface area contributed by atoms with Gasteiger partial charge < -0.3 is 20.3 Å². The molecule has 1 aliphatic rings. The number of morpholine rings is 1. The average molecular weight is 390 g/mol. The lowest BCUT2D eigenvalue weighted by Crippen LogP contribution is -2.37. The minimum absolute atomic E-state index is 0.243. The summed E-state index contributed by atoms with van der Waals surface area (Å²) < 4.78 is 5.40. The number of nitrogens with one attached hydrogen (secondary N) is 2. The zero-order valence-electron chi connectivity index (χ0n) is 16.1. The highest BCUT2D eigenvalue weighted by Gasteiger charge is 2.15. The molecule has 0 saturated carbocycles. The number of hydrogen-bond acceptors (Lipinski definition) is 7. The van der Waals surface area contributed by atoms with Gasteiger partial charge in [0.2, 0.25) is 5.95 Å². The molecule has 4 rings (SSSR count). The number of benzene rings is 1. The maximum atomic E-state index is 12.2. The second-order valence-corrected chi connectivity index (χ2v) is 6.67. The van der Waals surface area contributed by atoms with E-state index in [9.17, 15) is 4.79 Å². The Labute approximate surface area is 169 Å². The summed E-state index contributed by atoms with van der Waals surface area (Å²) in [5.41, 5.74) is 2.83. The summed E-state index contributed by atoms with van der Waals surface area (Å²) in [6.07, 6.45) is 1.59. The Morgan fingerprint density at radius 3 is 2.52 bits per heavy atom. The Morgan fingerprint density at radius 1 is 1.03 bits per heavy atom. The molecule has 2 aromatic heterocycles. The monoisotopic (exact) mass is 390 g/mol. The molecule has 3 aromatic rings. The molecule has 0 spiro atoms. The van der Waals surface area contributed by atoms with E-state index in [-0.39, 0.29) is 5.91 Å². The number of anilines is 4. The highest BCUT2D eigenvalue weighted by molar-refractivity contribution is 6.02. The second kappa shape index (κ2) is 8.66. The van der Waals surface area contributed by atoms with E-state index < -0.39 is 0 Å². The number of carbonyl (C=O) groups is 1. The van der Waals surface area contributed by atoms with Crippen LogP contribution in [0.2, 0.25) is 0 Å². The fourth-order valence-corrected chi connectivity index (χ4v) is 3.00. The minimum Gasteiger partial charge on any atom is -0.378 e. The van der Waals surface area contributed by atoms with Crippen LogP contribution in [0.3, 0.4) is 0 Å². The lowest BCUT2D eigenvalue weighted by molar-refractivity contribution is 0.102. The highest BCUT2D eigenvalue weighted by Crippen LogP contribution is 2.21. The van der Waals surface area contributed by atoms with Gasteiger partial charge in [0.1, 0.15) is 11.5 Å². The van der Waals surface area contributed by atoms with Crippen molar-refractivity contribution in [2.24, 2.45) is 0 Å². The van der Waals surface area contributed by atoms with Gasteiger partial charge in [0, 0.05) is 42.4 Å². The molecule has 148 valence electrons. The van der Waals surface area contributed by atoms with Crippen molar-refractivity contribution in [1.82, 2.24) is 15.0 Å². The average Bonchev–Trinajstić information content (AvgIpc) is 2.76. The third-order valence-corrected chi connectivity index (χ3v) is 4.45. The topological polar surface area (TPSA) is 92.3 Å². The first-order valence-electron chi connectivity index (χ1n) is 9.45. The lowest BCUT2D eigenvalue weighted by Gasteiger charge is -2.27. The van der Waals surface area contributed by atoms with Crippen LogP contribution in [-0.4, -0.2) is 47.2 Å². The summed E-state index contributed by atoms with van der Waals surface area (Å²) in [7, 11) is 0. The van der Waals surface area contributed by atoms with Crippen molar-refractivity contribution < 1.29 is 9.53 Å². The number of rotatable bonds is 5. The first kappa shape index (κ1) is 18.8. The van der Waals surface area contributed by atoms with Gasteiger partial charge in [-0.3, -0.25) is 9.78 Å². The van der Waals surface area contributed by atoms with Crippen molar-refractivity contribution in [3.8, 4) is 0 Å². The molecule has 8 nitrogen and oxygen atoms in total. The fourth-order valence-electron chi connectivity index (χ4n) is 3.00. The Kier molecular flexibility index (Phi) is 5.62. The number of aromatic nitrogens is 3. The van der Waals surface area contributed by atoms with E-state index in [1.807, 2.05) is 37.3 Å². The standard InChI is InChI=1S/C21H22N6O2/c1-15-14-19(26-21(23-15)27-10-12-29-13-11-27)24-16-5-7-17(8-6-16)25-20(28)18-4-2-3-9-22-18/h2-9,14H,10-13H2,1H3,(H,25,28)(H,23,24,26). The van der Waals surface area contributed by atoms with E-state index in [0.29, 0.717) is 30.5 Å². The van der Waals surface area contributed by atoms with Crippen molar-refractivity contribution in [2.75, 3.05) is 41.8 Å². The van der Waals surface area contributed by atoms with Gasteiger partial charge >= 0.3 is 0 Å². The molecule has 1 amide bonds. The molecule has 1 aromatic carbocycles. The molecule has 2 N–H and O–H groups in total. The van der Waals surface area contributed by atoms with Crippen LogP contribution in [0.25, 0.3) is 0 Å². The fraction of sp³-hybridized carbons (Fsp3) is 0.238. The van der Waals surface area contributed by atoms with E-state index >= 15 is 0 Å². The first-order chi connectivity index (χ1) is 14.2. The molecule has 0 atom stereocenters. The van der Waals surface area contributed by atoms with Crippen molar-refractivity contribution >= 4 is 29.0 Å². The molecule has 0 bridgehead atoms. The van der Waals surface area contributed by atoms with E-state index in [0.717, 1.165) is 30.3 Å². The van der Waals surface area contributed by atoms with Gasteiger partial charge in [-0.05, 0) is 43.3 Å². The third-order valence-electron chi connectivity index (χ3n) is 4.45. The van der Waals surface area contributed by atoms with Crippen LogP contribution in [0.5, 0.6) is 0 Å². The Hall–Kier alpha value is -3.52. The summed E-state index contributed by atoms with van der Waals surface area (Å²) in [6.45, 7) is 4.89. The summed E-state index contributed by atoms with van der Waals surface area (Å²) in [5.74, 6) is 1.19. The summed E-state index contributed by atoms with van der Waals surface area (Å²) in [6, 6.07) is 14.6. The summed E-state index contributed by atoms with van der Waals surface area (Å²) >= 11 is 0. The van der Waals surface area contributed by atoms with E-state index in [1.165, 1.54) is 0 Å². The zero-order chi connectivity index (χ0) is 20.1. The number of carbonyl (C=O) groups excluding carboxylic acids is 1. The quantitative estimate of drug-likeness (QED) is 0.692. The number of nitrogens with zero attached hydrogens (tertiary/aromatic N) is 4. The molecule has 3 heterocycles. The Bertz CT molecular complexity index is 972. The molecule has 0 unspecified atom stereocenters. The zero-order valence-corrected chi connectivity index (χ0v) is 16.1. The number of aryl methyl sites for hydroxylation is 1. The van der Waals surface area contributed by atoms with Gasteiger partial charge in [-0.2, -0.15) is 4.98 Å². The van der Waals surface area contributed by atoms with Crippen molar-refractivity contribution in [2.45, 2.75) is 6.92 Å². The molecule has 8 heteroatoms. The van der Waals surface area contributed by atoms with Crippen molar-refractivity contribution in [1.29, 1.82) is 0 Å². The first-order valence-corrected chi connectivity index (χ1v) is 9.45. The lowest BCUT2D eigenvalue weighted by atomic mass is 10.2. The Morgan fingerprint density at radius 2 is 1.79 bits per heavy atom. The van der Waals surface area contributed by atoms with E-state index in [4.69, 9.17) is 4.74 Å². The number of pyridine rings is 1. The molecule has 29 heavy (non-hydrogen) atoms. The van der Waals surface area contributed by atoms with Gasteiger partial charge in [0.25, 0.3) is 5.91 Å². The minimum atomic E-state index is -0.243. The predicted octanol–water partition coefficient (Wildman–Crippen LogP) is 3.01. The van der Waals surface area contributed by atoms with E-state index in [2.05, 4.69) is 30.5 Å². The van der Waals surface area contributed by atoms with Gasteiger partial charge in [-0.15, -0.1) is 0 Å². The smallest absolute Gasteiger partial charge is 0.274 e. The van der Waals surface area contributed by atoms with Gasteiger partial charge in [-0.25, -0.2) is 4.98 Å². The molecule has 1 aliphatic heterocycles. The van der Waals surface area contributed by atoms with Crippen LogP contribution < -0.4 is 15.5 Å². The number of ether oxygens (including phenoxy) is 1. The normalized spacial score (nSPS) is 13.8. The van der Waals surface area contributed by atoms with Crippen LogP contribution in [0.15, 0.2) is 54.7 Å². The van der Waals surface area contributed by atoms with Gasteiger partial charge in [0.15, 0.2) is 0 Å². The Balaban J connectivity index is 1.43. The van der Waals surface area contributed by atoms with Crippen molar-refractivity contribution in [3.63, 3.8) is 0 Å². The predicted molar refractivity (Wildman–Crippen MR) is 112 cm³/mol. The second-order valence-electron chi connectivity index (χ2n) is 6.67.